The van der Waals surface area contributed by atoms with Gasteiger partial charge in [0, 0.05) is 0 Å². The molecule has 0 aliphatic rings. The second-order valence-corrected chi connectivity index (χ2v) is 2.24. The van der Waals surface area contributed by atoms with E-state index < -0.39 is 21.4 Å². The van der Waals surface area contributed by atoms with Gasteiger partial charge in [-0.1, -0.05) is 23.2 Å². The van der Waals surface area contributed by atoms with E-state index >= 15 is 0 Å². The molecule has 0 heterocycles. The van der Waals surface area contributed by atoms with Crippen LogP contribution in [-0.4, -0.2) is 0 Å². The lowest BCUT2D eigenvalue weighted by Gasteiger charge is -1.91. The first-order valence-corrected chi connectivity index (χ1v) is 3.02. The van der Waals surface area contributed by atoms with Crippen molar-refractivity contribution in [3.05, 3.63) is 21.4 Å². The summed E-state index contributed by atoms with van der Waals surface area (Å²) in [6, 6.07) is 0. The highest BCUT2D eigenvalue weighted by molar-refractivity contribution is 6.47. The van der Waals surface area contributed by atoms with Crippen LogP contribution < -0.4 is 0 Å². The Bertz CT molecular complexity index is 166. The molecule has 0 aromatic heterocycles. The van der Waals surface area contributed by atoms with Crippen LogP contribution in [0, 0.1) is 0 Å². The minimum Gasteiger partial charge on any atom is -0.192 e. The predicted octanol–water partition coefficient (Wildman–Crippen LogP) is 3.95. The lowest BCUT2D eigenvalue weighted by atomic mass is 10.6. The van der Waals surface area contributed by atoms with Crippen molar-refractivity contribution in [1.29, 1.82) is 0 Å². The van der Waals surface area contributed by atoms with E-state index in [0.29, 0.717) is 0 Å². The van der Waals surface area contributed by atoms with Crippen LogP contribution in [0.25, 0.3) is 0 Å². The average molecular weight is 211 g/mol. The molecule has 0 bridgehead atoms. The van der Waals surface area contributed by atoms with Crippen molar-refractivity contribution in [3.63, 3.8) is 0 Å². The Kier molecular flexibility index (Phi) is 4.17. The maximum Gasteiger partial charge on any atom is 0.290 e. The van der Waals surface area contributed by atoms with Gasteiger partial charge in [0.1, 0.15) is 10.1 Å². The number of hydrogen-bond acceptors (Lipinski definition) is 0. The first kappa shape index (κ1) is 10.1. The van der Waals surface area contributed by atoms with Gasteiger partial charge in [-0.2, -0.15) is 13.2 Å². The largest absolute Gasteiger partial charge is 0.290 e. The van der Waals surface area contributed by atoms with Gasteiger partial charge in [0.2, 0.25) is 5.29 Å². The van der Waals surface area contributed by atoms with E-state index in [4.69, 9.17) is 23.2 Å². The minimum absolute atomic E-state index is 0.983. The lowest BCUT2D eigenvalue weighted by molar-refractivity contribution is 0.419. The zero-order valence-electron chi connectivity index (χ0n) is 4.27. The fraction of sp³-hybridized carbons (Fsp3) is 0. The Morgan fingerprint density at radius 3 is 1.30 bits per heavy atom. The molecule has 0 spiro atoms. The molecule has 0 nitrogen and oxygen atoms in total. The topological polar surface area (TPSA) is 0 Å². The second kappa shape index (κ2) is 4.11. The van der Waals surface area contributed by atoms with E-state index in [9.17, 15) is 13.2 Å². The molecule has 0 fully saturated rings. The van der Waals surface area contributed by atoms with Crippen LogP contribution in [0.2, 0.25) is 0 Å². The van der Waals surface area contributed by atoms with Gasteiger partial charge in [-0.05, 0) is 11.6 Å². The van der Waals surface area contributed by atoms with E-state index in [1.54, 1.807) is 0 Å². The molecule has 0 aliphatic heterocycles. The van der Waals surface area contributed by atoms with Crippen molar-refractivity contribution in [2.45, 2.75) is 0 Å². The average Bonchev–Trinajstić information content (AvgIpc) is 1.84. The Balaban J connectivity index is 4.71. The van der Waals surface area contributed by atoms with E-state index in [1.165, 1.54) is 0 Å². The van der Waals surface area contributed by atoms with Gasteiger partial charge in [-0.15, -0.1) is 0 Å². The van der Waals surface area contributed by atoms with Crippen LogP contribution in [0.5, 0.6) is 0 Å². The third-order valence-corrected chi connectivity index (χ3v) is 1.59. The smallest absolute Gasteiger partial charge is 0.192 e. The van der Waals surface area contributed by atoms with Crippen molar-refractivity contribution in [3.8, 4) is 0 Å². The molecule has 0 aromatic rings. The van der Waals surface area contributed by atoms with Crippen LogP contribution in [0.4, 0.5) is 13.2 Å². The second-order valence-electron chi connectivity index (χ2n) is 1.15. The highest BCUT2D eigenvalue weighted by atomic mass is 35.5. The molecule has 0 saturated carbocycles. The van der Waals surface area contributed by atoms with Crippen LogP contribution in [0.1, 0.15) is 0 Å². The van der Waals surface area contributed by atoms with Gasteiger partial charge in [-0.3, -0.25) is 0 Å². The molecule has 0 amide bonds. The van der Waals surface area contributed by atoms with E-state index in [0.717, 1.165) is 0 Å². The fourth-order valence-electron chi connectivity index (χ4n) is 0.166. The number of allylic oxidation sites excluding steroid dienone is 2. The minimum atomic E-state index is -2.28. The van der Waals surface area contributed by atoms with Gasteiger partial charge >= 0.3 is 0 Å². The molecule has 0 N–H and O–H groups in total. The summed E-state index contributed by atoms with van der Waals surface area (Å²) in [7, 11) is 0. The first-order valence-electron chi connectivity index (χ1n) is 1.88. The summed E-state index contributed by atoms with van der Waals surface area (Å²) >= 11 is 14.2. The monoisotopic (exact) mass is 210 g/mol. The highest BCUT2D eigenvalue weighted by Crippen LogP contribution is 2.29. The Morgan fingerprint density at radius 1 is 0.800 bits per heavy atom. The third kappa shape index (κ3) is 2.82. The van der Waals surface area contributed by atoms with Crippen LogP contribution >= 0.6 is 34.8 Å². The molecular weight excluding hydrogens is 211 g/mol. The van der Waals surface area contributed by atoms with Crippen molar-refractivity contribution in [2.75, 3.05) is 0 Å². The molecule has 0 atom stereocenters. The first-order chi connectivity index (χ1) is 4.46. The highest BCUT2D eigenvalue weighted by Gasteiger charge is 2.11. The fourth-order valence-corrected chi connectivity index (χ4v) is 0.463. The normalized spacial score (nSPS) is 12.6. The summed E-state index contributed by atoms with van der Waals surface area (Å²) in [5.41, 5.74) is 0. The number of rotatable bonds is 1. The maximum atomic E-state index is 11.8. The molecule has 10 heavy (non-hydrogen) atoms. The standard InChI is InChI=1S/C4Cl3F3/c5-1(3(7)8)2(6)4(9)10. The summed E-state index contributed by atoms with van der Waals surface area (Å²) in [6.45, 7) is 0. The third-order valence-electron chi connectivity index (χ3n) is 0.525. The van der Waals surface area contributed by atoms with Crippen molar-refractivity contribution in [2.24, 2.45) is 0 Å². The Labute approximate surface area is 69.9 Å². The van der Waals surface area contributed by atoms with Gasteiger partial charge in [0.15, 0.2) is 0 Å². The van der Waals surface area contributed by atoms with Crippen molar-refractivity contribution < 1.29 is 13.2 Å². The molecule has 58 valence electrons. The van der Waals surface area contributed by atoms with Gasteiger partial charge in [0.05, 0.1) is 0 Å². The van der Waals surface area contributed by atoms with Gasteiger partial charge in [-0.25, -0.2) is 0 Å². The number of halogens is 6. The lowest BCUT2D eigenvalue weighted by Crippen LogP contribution is -1.75. The van der Waals surface area contributed by atoms with E-state index in [2.05, 4.69) is 11.6 Å². The van der Waals surface area contributed by atoms with Gasteiger partial charge in [0.25, 0.3) is 6.08 Å². The van der Waals surface area contributed by atoms with Crippen molar-refractivity contribution >= 4 is 34.8 Å². The van der Waals surface area contributed by atoms with Crippen molar-refractivity contribution in [1.82, 2.24) is 0 Å². The molecule has 0 rings (SSSR count). The van der Waals surface area contributed by atoms with E-state index in [-0.39, 0.29) is 0 Å². The molecule has 0 aromatic carbocycles. The summed E-state index contributed by atoms with van der Waals surface area (Å²) in [6.07, 6.45) is -2.28. The maximum absolute atomic E-state index is 11.8. The molecule has 0 unspecified atom stereocenters. The zero-order valence-corrected chi connectivity index (χ0v) is 6.54. The van der Waals surface area contributed by atoms with Crippen LogP contribution in [0.15, 0.2) is 21.4 Å². The van der Waals surface area contributed by atoms with Crippen LogP contribution in [0.3, 0.4) is 0 Å². The quantitative estimate of drug-likeness (QED) is 0.576. The number of hydrogen-bond donors (Lipinski definition) is 0. The Hall–Kier alpha value is 0.140. The summed E-state index contributed by atoms with van der Waals surface area (Å²) in [5.74, 6) is 0. The molecular formula is C4Cl3F3. The summed E-state index contributed by atoms with van der Waals surface area (Å²) in [5, 5.41) is -3.61. The SMILES string of the molecule is FC(F)=C(Cl)C(Cl)=C(F)Cl. The van der Waals surface area contributed by atoms with Crippen LogP contribution in [-0.2, 0) is 0 Å². The molecule has 6 heteroatoms. The molecule has 0 radical (unpaired) electrons. The van der Waals surface area contributed by atoms with E-state index in [1.807, 2.05) is 0 Å². The summed E-state index contributed by atoms with van der Waals surface area (Å²) < 4.78 is 34.7. The Morgan fingerprint density at radius 2 is 1.20 bits per heavy atom. The predicted molar refractivity (Wildman–Crippen MR) is 34.9 cm³/mol. The zero-order chi connectivity index (χ0) is 8.31. The molecule has 0 saturated heterocycles. The molecule has 0 aliphatic carbocycles. The summed E-state index contributed by atoms with van der Waals surface area (Å²) in [4.78, 5) is 0. The van der Waals surface area contributed by atoms with Gasteiger partial charge < -0.3 is 0 Å².